The van der Waals surface area contributed by atoms with Crippen LogP contribution in [0.25, 0.3) is 22.4 Å². The van der Waals surface area contributed by atoms with Gasteiger partial charge in [0.15, 0.2) is 0 Å². The third kappa shape index (κ3) is 7.03. The minimum atomic E-state index is -2.57. The molecular formula is C27H26FNO5P+. The molecule has 0 spiro atoms. The fourth-order valence-corrected chi connectivity index (χ4v) is 4.01. The van der Waals surface area contributed by atoms with Gasteiger partial charge in [0.2, 0.25) is 6.16 Å². The van der Waals surface area contributed by atoms with Crippen LogP contribution in [0.3, 0.4) is 0 Å². The van der Waals surface area contributed by atoms with Crippen LogP contribution in [-0.4, -0.2) is 33.2 Å². The van der Waals surface area contributed by atoms with Crippen molar-refractivity contribution in [2.45, 2.75) is 39.2 Å². The Morgan fingerprint density at radius 1 is 1.14 bits per heavy atom. The number of nitrogens with zero attached hydrogens (tertiary/aromatic N) is 1. The molecule has 0 saturated carbocycles. The SMILES string of the molecule is Cc1cc(-c2cc(-c3ccccc3)nc(C(C)C)c2C#COC(=O)CC(O)C[P+](=O)O)ccc1F. The van der Waals surface area contributed by atoms with E-state index in [9.17, 15) is 18.9 Å². The Balaban J connectivity index is 2.07. The lowest BCUT2D eigenvalue weighted by Crippen LogP contribution is -2.16. The van der Waals surface area contributed by atoms with Crippen molar-refractivity contribution in [3.8, 4) is 34.4 Å². The zero-order valence-corrected chi connectivity index (χ0v) is 20.6. The number of aliphatic hydroxyl groups is 1. The second kappa shape index (κ2) is 11.8. The van der Waals surface area contributed by atoms with Crippen molar-refractivity contribution in [2.75, 3.05) is 6.16 Å². The van der Waals surface area contributed by atoms with Gasteiger partial charge in [0.25, 0.3) is 0 Å². The number of carbonyl (C=O) groups is 1. The summed E-state index contributed by atoms with van der Waals surface area (Å²) in [5, 5.41) is 9.67. The van der Waals surface area contributed by atoms with Crippen LogP contribution in [0.15, 0.2) is 54.6 Å². The van der Waals surface area contributed by atoms with Gasteiger partial charge in [0, 0.05) is 11.1 Å². The summed E-state index contributed by atoms with van der Waals surface area (Å²) in [6, 6.07) is 16.3. The molecule has 2 unspecified atom stereocenters. The number of esters is 1. The smallest absolute Gasteiger partial charge is 0.388 e. The first-order valence-electron chi connectivity index (χ1n) is 11.0. The molecule has 0 bridgehead atoms. The normalized spacial score (nSPS) is 12.0. The minimum absolute atomic E-state index is 0.0263. The molecule has 6 nitrogen and oxygen atoms in total. The van der Waals surface area contributed by atoms with Crippen molar-refractivity contribution < 1.29 is 28.5 Å². The summed E-state index contributed by atoms with van der Waals surface area (Å²) in [5.74, 6) is 1.72. The molecule has 0 aliphatic carbocycles. The van der Waals surface area contributed by atoms with Crippen LogP contribution in [-0.2, 0) is 14.1 Å². The first-order chi connectivity index (χ1) is 16.7. The number of carbonyl (C=O) groups excluding carboxylic acids is 1. The number of pyridine rings is 1. The molecule has 2 aromatic carbocycles. The Kier molecular flexibility index (Phi) is 8.84. The highest BCUT2D eigenvalue weighted by molar-refractivity contribution is 7.38. The predicted octanol–water partition coefficient (Wildman–Crippen LogP) is 5.32. The van der Waals surface area contributed by atoms with Crippen molar-refractivity contribution in [3.05, 3.63) is 77.2 Å². The number of benzene rings is 2. The lowest BCUT2D eigenvalue weighted by atomic mass is 9.92. The zero-order chi connectivity index (χ0) is 25.5. The highest BCUT2D eigenvalue weighted by Crippen LogP contribution is 2.33. The average molecular weight is 494 g/mol. The molecule has 3 rings (SSSR count). The summed E-state index contributed by atoms with van der Waals surface area (Å²) in [4.78, 5) is 25.7. The van der Waals surface area contributed by atoms with Crippen LogP contribution in [0, 0.1) is 24.8 Å². The van der Waals surface area contributed by atoms with Crippen molar-refractivity contribution >= 4 is 14.0 Å². The number of ether oxygens (including phenoxy) is 1. The third-order valence-corrected chi connectivity index (χ3v) is 5.98. The maximum atomic E-state index is 14.0. The molecule has 8 heteroatoms. The van der Waals surface area contributed by atoms with E-state index in [1.807, 2.05) is 50.2 Å². The van der Waals surface area contributed by atoms with Gasteiger partial charge in [-0.2, -0.15) is 4.89 Å². The number of hydrogen-bond acceptors (Lipinski definition) is 5. The van der Waals surface area contributed by atoms with Gasteiger partial charge < -0.3 is 9.84 Å². The first kappa shape index (κ1) is 26.2. The summed E-state index contributed by atoms with van der Waals surface area (Å²) >= 11 is 0. The number of aliphatic hydroxyl groups excluding tert-OH is 1. The van der Waals surface area contributed by atoms with E-state index in [0.29, 0.717) is 22.4 Å². The molecule has 0 aliphatic rings. The predicted molar refractivity (Wildman–Crippen MR) is 132 cm³/mol. The molecule has 0 saturated heterocycles. The van der Waals surface area contributed by atoms with Gasteiger partial charge in [-0.1, -0.05) is 50.2 Å². The van der Waals surface area contributed by atoms with Gasteiger partial charge in [-0.25, -0.2) is 4.39 Å². The maximum Gasteiger partial charge on any atom is 0.508 e. The molecule has 2 N–H and O–H groups in total. The second-order valence-electron chi connectivity index (χ2n) is 8.39. The molecule has 0 aliphatic heterocycles. The van der Waals surface area contributed by atoms with E-state index >= 15 is 0 Å². The highest BCUT2D eigenvalue weighted by Gasteiger charge is 2.22. The summed E-state index contributed by atoms with van der Waals surface area (Å²) in [5.41, 5.74) is 4.80. The van der Waals surface area contributed by atoms with E-state index in [1.165, 1.54) is 6.07 Å². The zero-order valence-electron chi connectivity index (χ0n) is 19.7. The van der Waals surface area contributed by atoms with E-state index in [0.717, 1.165) is 16.8 Å². The first-order valence-corrected chi connectivity index (χ1v) is 12.4. The summed E-state index contributed by atoms with van der Waals surface area (Å²) in [6.07, 6.45) is 0.215. The Labute approximate surface area is 204 Å². The Morgan fingerprint density at radius 3 is 2.49 bits per heavy atom. The van der Waals surface area contributed by atoms with Crippen molar-refractivity contribution in [2.24, 2.45) is 0 Å². The molecule has 35 heavy (non-hydrogen) atoms. The second-order valence-corrected chi connectivity index (χ2v) is 9.46. The molecule has 3 aromatic rings. The van der Waals surface area contributed by atoms with Gasteiger partial charge in [0.05, 0.1) is 23.4 Å². The maximum absolute atomic E-state index is 14.0. The highest BCUT2D eigenvalue weighted by atomic mass is 31.1. The minimum Gasteiger partial charge on any atom is -0.388 e. The van der Waals surface area contributed by atoms with Crippen LogP contribution in [0.2, 0.25) is 0 Å². The van der Waals surface area contributed by atoms with Crippen LogP contribution in [0.5, 0.6) is 0 Å². The van der Waals surface area contributed by atoms with E-state index in [4.69, 9.17) is 14.6 Å². The summed E-state index contributed by atoms with van der Waals surface area (Å²) in [7, 11) is -2.57. The van der Waals surface area contributed by atoms with E-state index in [1.54, 1.807) is 19.1 Å². The van der Waals surface area contributed by atoms with E-state index < -0.39 is 32.7 Å². The summed E-state index contributed by atoms with van der Waals surface area (Å²) < 4.78 is 29.8. The lowest BCUT2D eigenvalue weighted by Gasteiger charge is -2.16. The van der Waals surface area contributed by atoms with Gasteiger partial charge in [-0.15, -0.1) is 0 Å². The van der Waals surface area contributed by atoms with Gasteiger partial charge in [-0.3, -0.25) is 9.78 Å². The number of halogens is 1. The van der Waals surface area contributed by atoms with Gasteiger partial charge >= 0.3 is 14.0 Å². The fraction of sp³-hybridized carbons (Fsp3) is 0.259. The topological polar surface area (TPSA) is 96.7 Å². The quantitative estimate of drug-likeness (QED) is 0.262. The molecule has 0 fully saturated rings. The van der Waals surface area contributed by atoms with E-state index in [-0.39, 0.29) is 11.7 Å². The molecule has 1 heterocycles. The monoisotopic (exact) mass is 494 g/mol. The van der Waals surface area contributed by atoms with Crippen molar-refractivity contribution in [1.82, 2.24) is 4.98 Å². The Morgan fingerprint density at radius 2 is 1.86 bits per heavy atom. The number of rotatable bonds is 7. The van der Waals surface area contributed by atoms with Crippen LogP contribution < -0.4 is 0 Å². The molecule has 0 radical (unpaired) electrons. The summed E-state index contributed by atoms with van der Waals surface area (Å²) in [6.45, 7) is 5.63. The van der Waals surface area contributed by atoms with Crippen molar-refractivity contribution in [1.29, 1.82) is 0 Å². The van der Waals surface area contributed by atoms with Crippen molar-refractivity contribution in [3.63, 3.8) is 0 Å². The molecular weight excluding hydrogens is 468 g/mol. The molecule has 1 aromatic heterocycles. The Bertz CT molecular complexity index is 1300. The number of aryl methyl sites for hydroxylation is 1. The molecule has 180 valence electrons. The third-order valence-electron chi connectivity index (χ3n) is 5.24. The van der Waals surface area contributed by atoms with Crippen LogP contribution in [0.4, 0.5) is 4.39 Å². The number of hydrogen-bond donors (Lipinski definition) is 2. The largest absolute Gasteiger partial charge is 0.508 e. The number of aromatic nitrogens is 1. The average Bonchev–Trinajstić information content (AvgIpc) is 2.80. The molecule has 0 amide bonds. The fourth-order valence-electron chi connectivity index (χ4n) is 3.52. The van der Waals surface area contributed by atoms with E-state index in [2.05, 4.69) is 12.0 Å². The van der Waals surface area contributed by atoms with Crippen LogP contribution >= 0.6 is 8.03 Å². The van der Waals surface area contributed by atoms with Gasteiger partial charge in [-0.05, 0) is 52.7 Å². The standard InChI is InChI=1S/C27H25FNO5P/c1-17(2)27-22(11-12-34-26(31)14-21(30)16-35(32)33)23(20-9-10-24(28)18(3)13-20)15-25(29-27)19-7-5-4-6-8-19/h4-10,13,15,17,21,30H,14,16H2,1-3H3/p+1. The Hall–Kier alpha value is -3.43. The van der Waals surface area contributed by atoms with Gasteiger partial charge in [0.1, 0.15) is 18.0 Å². The van der Waals surface area contributed by atoms with Crippen LogP contribution in [0.1, 0.15) is 43.0 Å². The molecule has 2 atom stereocenters. The lowest BCUT2D eigenvalue weighted by molar-refractivity contribution is -0.138.